The predicted octanol–water partition coefficient (Wildman–Crippen LogP) is 2.73. The van der Waals surface area contributed by atoms with Gasteiger partial charge in [-0.05, 0) is 12.1 Å². The predicted molar refractivity (Wildman–Crippen MR) is 79.1 cm³/mol. The van der Waals surface area contributed by atoms with Crippen LogP contribution in [-0.2, 0) is 4.84 Å². The first-order chi connectivity index (χ1) is 11.9. The molecule has 0 radical (unpaired) electrons. The molecule has 3 aromatic heterocycles. The van der Waals surface area contributed by atoms with Crippen molar-refractivity contribution in [3.8, 4) is 0 Å². The zero-order valence-electron chi connectivity index (χ0n) is 12.1. The van der Waals surface area contributed by atoms with Crippen LogP contribution in [-0.4, -0.2) is 20.3 Å². The van der Waals surface area contributed by atoms with Crippen LogP contribution < -0.4 is 5.06 Å². The third-order valence-corrected chi connectivity index (χ3v) is 3.56. The lowest BCUT2D eigenvalue weighted by Crippen LogP contribution is -2.14. The molecule has 0 bridgehead atoms. The molecule has 24 heavy (non-hydrogen) atoms. The average molecular weight is 323 g/mol. The molecule has 1 aliphatic heterocycles. The first-order valence-electron chi connectivity index (χ1n) is 7.08. The third-order valence-electron chi connectivity index (χ3n) is 3.56. The van der Waals surface area contributed by atoms with E-state index < -0.39 is 6.10 Å². The Morgan fingerprint density at radius 2 is 2.12 bits per heavy atom. The summed E-state index contributed by atoms with van der Waals surface area (Å²) in [6, 6.07) is 7.74. The Morgan fingerprint density at radius 3 is 2.92 bits per heavy atom. The average Bonchev–Trinajstić information content (AvgIpc) is 3.40. The van der Waals surface area contributed by atoms with E-state index in [9.17, 15) is 0 Å². The van der Waals surface area contributed by atoms with Crippen LogP contribution in [0.5, 0.6) is 0 Å². The van der Waals surface area contributed by atoms with Crippen molar-refractivity contribution < 1.29 is 18.2 Å². The summed E-state index contributed by atoms with van der Waals surface area (Å²) in [5, 5.41) is 8.82. The lowest BCUT2D eigenvalue weighted by Gasteiger charge is -2.12. The molecule has 0 amide bonds. The SMILES string of the molecule is C1=C(c2conn2)C(c2ncco2)ON1c1nc2ccccc2o1. The first-order valence-corrected chi connectivity index (χ1v) is 7.08. The van der Waals surface area contributed by atoms with Crippen LogP contribution in [0.2, 0.25) is 0 Å². The molecule has 0 saturated carbocycles. The Bertz CT molecular complexity index is 973. The lowest BCUT2D eigenvalue weighted by molar-refractivity contribution is 0.0791. The Hall–Kier alpha value is -3.46. The van der Waals surface area contributed by atoms with Gasteiger partial charge in [-0.15, -0.1) is 5.10 Å². The van der Waals surface area contributed by atoms with Gasteiger partial charge in [-0.1, -0.05) is 12.1 Å². The van der Waals surface area contributed by atoms with Crippen molar-refractivity contribution in [2.75, 3.05) is 5.06 Å². The maximum Gasteiger partial charge on any atom is 0.327 e. The maximum atomic E-state index is 5.88. The van der Waals surface area contributed by atoms with Crippen LogP contribution in [0.3, 0.4) is 0 Å². The summed E-state index contributed by atoms with van der Waals surface area (Å²) >= 11 is 0. The highest BCUT2D eigenvalue weighted by atomic mass is 16.7. The Kier molecular flexibility index (Phi) is 2.73. The van der Waals surface area contributed by atoms with Gasteiger partial charge in [-0.3, -0.25) is 0 Å². The highest BCUT2D eigenvalue weighted by molar-refractivity contribution is 5.76. The van der Waals surface area contributed by atoms with E-state index in [0.29, 0.717) is 28.8 Å². The molecule has 118 valence electrons. The summed E-state index contributed by atoms with van der Waals surface area (Å²) in [7, 11) is 0. The molecule has 1 aliphatic rings. The fourth-order valence-electron chi connectivity index (χ4n) is 2.48. The van der Waals surface area contributed by atoms with Crippen LogP contribution in [0.15, 0.2) is 62.5 Å². The van der Waals surface area contributed by atoms with E-state index in [-0.39, 0.29) is 0 Å². The lowest BCUT2D eigenvalue weighted by atomic mass is 10.1. The van der Waals surface area contributed by atoms with Crippen molar-refractivity contribution in [3.05, 3.63) is 60.8 Å². The van der Waals surface area contributed by atoms with Gasteiger partial charge in [-0.2, -0.15) is 10.0 Å². The summed E-state index contributed by atoms with van der Waals surface area (Å²) in [4.78, 5) is 14.4. The molecular formula is C15H9N5O4. The second kappa shape index (κ2) is 5.03. The van der Waals surface area contributed by atoms with E-state index in [4.69, 9.17) is 18.2 Å². The largest absolute Gasteiger partial charge is 0.446 e. The highest BCUT2D eigenvalue weighted by Crippen LogP contribution is 2.40. The van der Waals surface area contributed by atoms with Gasteiger partial charge in [0.1, 0.15) is 17.5 Å². The zero-order chi connectivity index (χ0) is 15.9. The highest BCUT2D eigenvalue weighted by Gasteiger charge is 2.36. The van der Waals surface area contributed by atoms with Gasteiger partial charge in [0.05, 0.1) is 6.20 Å². The number of para-hydroxylation sites is 2. The van der Waals surface area contributed by atoms with Crippen molar-refractivity contribution in [1.82, 2.24) is 20.3 Å². The normalized spacial score (nSPS) is 17.6. The number of nitrogens with zero attached hydrogens (tertiary/aromatic N) is 5. The molecule has 1 unspecified atom stereocenters. The molecule has 0 fully saturated rings. The van der Waals surface area contributed by atoms with Gasteiger partial charge >= 0.3 is 6.01 Å². The van der Waals surface area contributed by atoms with Crippen molar-refractivity contribution in [1.29, 1.82) is 0 Å². The van der Waals surface area contributed by atoms with E-state index >= 15 is 0 Å². The molecular weight excluding hydrogens is 314 g/mol. The molecule has 9 nitrogen and oxygen atoms in total. The maximum absolute atomic E-state index is 5.88. The van der Waals surface area contributed by atoms with Gasteiger partial charge in [0.25, 0.3) is 0 Å². The standard InChI is InChI=1S/C15H9N5O4/c1-2-4-12-10(3-1)17-15(23-12)20-7-9(11-8-22-19-18-11)13(24-20)14-16-5-6-21-14/h1-8,13H. The van der Waals surface area contributed by atoms with Gasteiger partial charge in [0, 0.05) is 17.0 Å². The van der Waals surface area contributed by atoms with E-state index in [1.54, 1.807) is 12.4 Å². The minimum absolute atomic E-state index is 0.291. The van der Waals surface area contributed by atoms with Crippen LogP contribution in [0.4, 0.5) is 6.01 Å². The second-order valence-electron chi connectivity index (χ2n) is 5.02. The molecule has 0 spiro atoms. The van der Waals surface area contributed by atoms with Crippen LogP contribution in [0, 0.1) is 0 Å². The smallest absolute Gasteiger partial charge is 0.327 e. The number of hydroxylamine groups is 1. The fraction of sp³-hybridized carbons (Fsp3) is 0.0667. The Balaban J connectivity index is 1.58. The van der Waals surface area contributed by atoms with Gasteiger partial charge < -0.3 is 13.4 Å². The number of anilines is 1. The van der Waals surface area contributed by atoms with Crippen LogP contribution in [0.25, 0.3) is 16.7 Å². The topological polar surface area (TPSA) is 103 Å². The number of benzene rings is 1. The number of oxazole rings is 2. The number of aromatic nitrogens is 4. The summed E-state index contributed by atoms with van der Waals surface area (Å²) < 4.78 is 15.9. The first kappa shape index (κ1) is 13.0. The van der Waals surface area contributed by atoms with Gasteiger partial charge in [-0.25, -0.2) is 9.82 Å². The van der Waals surface area contributed by atoms with Crippen LogP contribution in [0.1, 0.15) is 17.7 Å². The molecule has 0 aliphatic carbocycles. The minimum Gasteiger partial charge on any atom is -0.446 e. The van der Waals surface area contributed by atoms with Gasteiger partial charge in [0.2, 0.25) is 5.89 Å². The Labute approximate surface area is 134 Å². The molecule has 1 aromatic carbocycles. The summed E-state index contributed by atoms with van der Waals surface area (Å²) in [5.74, 6) is 0.378. The molecule has 4 heterocycles. The molecule has 0 saturated heterocycles. The third kappa shape index (κ3) is 1.99. The fourth-order valence-corrected chi connectivity index (χ4v) is 2.48. The number of rotatable bonds is 3. The quantitative estimate of drug-likeness (QED) is 0.562. The van der Waals surface area contributed by atoms with Crippen LogP contribution >= 0.6 is 0 Å². The van der Waals surface area contributed by atoms with E-state index in [1.165, 1.54) is 17.6 Å². The van der Waals surface area contributed by atoms with Crippen molar-refractivity contribution in [3.63, 3.8) is 0 Å². The monoisotopic (exact) mass is 323 g/mol. The minimum atomic E-state index is -0.609. The van der Waals surface area contributed by atoms with E-state index in [1.807, 2.05) is 24.3 Å². The molecule has 4 aromatic rings. The zero-order valence-corrected chi connectivity index (χ0v) is 12.1. The number of fused-ring (bicyclic) bond motifs is 1. The summed E-state index contributed by atoms with van der Waals surface area (Å²) in [5.41, 5.74) is 2.57. The van der Waals surface area contributed by atoms with Crippen molar-refractivity contribution in [2.45, 2.75) is 6.10 Å². The second-order valence-corrected chi connectivity index (χ2v) is 5.02. The summed E-state index contributed by atoms with van der Waals surface area (Å²) in [6.07, 6.45) is 5.51. The molecule has 1 atom stereocenters. The van der Waals surface area contributed by atoms with E-state index in [2.05, 4.69) is 20.3 Å². The molecule has 5 rings (SSSR count). The molecule has 0 N–H and O–H groups in total. The van der Waals surface area contributed by atoms with Crippen molar-refractivity contribution in [2.24, 2.45) is 0 Å². The molecule has 9 heteroatoms. The Morgan fingerprint density at radius 1 is 1.17 bits per heavy atom. The summed E-state index contributed by atoms with van der Waals surface area (Å²) in [6.45, 7) is 0. The van der Waals surface area contributed by atoms with Gasteiger partial charge in [0.15, 0.2) is 18.0 Å². The number of hydrogen-bond donors (Lipinski definition) is 0. The number of hydrogen-bond acceptors (Lipinski definition) is 9. The van der Waals surface area contributed by atoms with E-state index in [0.717, 1.165) is 5.52 Å². The van der Waals surface area contributed by atoms with Crippen molar-refractivity contribution >= 4 is 22.7 Å².